The van der Waals surface area contributed by atoms with Gasteiger partial charge in [-0.2, -0.15) is 18.2 Å². The number of likely N-dealkylation sites (N-methyl/N-ethyl adjacent to an activating group) is 1. The summed E-state index contributed by atoms with van der Waals surface area (Å²) < 4.78 is 45.0. The summed E-state index contributed by atoms with van der Waals surface area (Å²) in [5.74, 6) is -1.21. The first-order chi connectivity index (χ1) is 25.5. The summed E-state index contributed by atoms with van der Waals surface area (Å²) >= 11 is 0. The van der Waals surface area contributed by atoms with Crippen LogP contribution in [0.4, 0.5) is 24.5 Å². The maximum atomic E-state index is 13.7. The van der Waals surface area contributed by atoms with Gasteiger partial charge in [-0.05, 0) is 73.4 Å². The van der Waals surface area contributed by atoms with Crippen LogP contribution in [0.25, 0.3) is 11.3 Å². The standard InChI is InChI=1S/C39H42F3N7O4/c1-47(17-18-48-19-21-53-22-20-48)38(52)34-10-6-9-33(45-34)37(51)46-32-12-11-30(49-15-3-2-4-16-49)25-31(32)35-24-28(13-14-43-35)36(50)44-26-27-7-5-8-29(23-27)39(40,41)42/h5-14,23-25H,2-4,15-22,26H2,1H3,(H,44,50)(H,46,51)/p+1. The fourth-order valence-electron chi connectivity index (χ4n) is 6.40. The maximum absolute atomic E-state index is 13.7. The molecule has 3 N–H and O–H groups in total. The van der Waals surface area contributed by atoms with Gasteiger partial charge in [0.2, 0.25) is 0 Å². The highest BCUT2D eigenvalue weighted by Gasteiger charge is 2.30. The fourth-order valence-corrected chi connectivity index (χ4v) is 6.40. The van der Waals surface area contributed by atoms with Crippen LogP contribution in [0.15, 0.2) is 79.0 Å². The number of nitrogens with one attached hydrogen (secondary N) is 3. The summed E-state index contributed by atoms with van der Waals surface area (Å²) in [6.07, 6.45) is 0.250. The maximum Gasteiger partial charge on any atom is 0.416 e. The highest BCUT2D eigenvalue weighted by Crippen LogP contribution is 2.33. The quantitative estimate of drug-likeness (QED) is 0.219. The number of ether oxygens (including phenoxy) is 1. The molecule has 0 bridgehead atoms. The van der Waals surface area contributed by atoms with E-state index in [4.69, 9.17) is 4.74 Å². The summed E-state index contributed by atoms with van der Waals surface area (Å²) in [5.41, 5.74) is 2.60. The molecule has 14 heteroatoms. The van der Waals surface area contributed by atoms with E-state index >= 15 is 0 Å². The summed E-state index contributed by atoms with van der Waals surface area (Å²) in [5, 5.41) is 5.66. The average molecular weight is 731 g/mol. The SMILES string of the molecule is CN(CCN1CCOCC1)C(=O)c1cccc(C(=O)Nc2ccc(N3CCCCC3)cc2-c2cc(C(=O)NCc3cccc(C(F)(F)F)c3)ccn2)[nH+]1. The van der Waals surface area contributed by atoms with E-state index in [2.05, 4.69) is 30.4 Å². The van der Waals surface area contributed by atoms with Crippen LogP contribution < -0.4 is 20.5 Å². The molecule has 0 atom stereocenters. The first kappa shape index (κ1) is 37.4. The number of aromatic amines is 1. The lowest BCUT2D eigenvalue weighted by Gasteiger charge is -2.29. The molecule has 2 aliphatic heterocycles. The van der Waals surface area contributed by atoms with E-state index in [1.165, 1.54) is 24.4 Å². The molecule has 2 aromatic carbocycles. The van der Waals surface area contributed by atoms with Gasteiger partial charge in [0.25, 0.3) is 17.3 Å². The van der Waals surface area contributed by atoms with Crippen molar-refractivity contribution in [2.24, 2.45) is 0 Å². The molecule has 0 radical (unpaired) electrons. The zero-order valence-electron chi connectivity index (χ0n) is 29.5. The molecule has 4 aromatic rings. The second-order valence-corrected chi connectivity index (χ2v) is 13.2. The van der Waals surface area contributed by atoms with Crippen molar-refractivity contribution in [3.8, 4) is 11.3 Å². The zero-order valence-corrected chi connectivity index (χ0v) is 29.5. The number of benzene rings is 2. The number of morpholine rings is 1. The molecule has 11 nitrogen and oxygen atoms in total. The largest absolute Gasteiger partial charge is 0.416 e. The predicted octanol–water partition coefficient (Wildman–Crippen LogP) is 5.16. The number of amides is 3. The Morgan fingerprint density at radius 1 is 0.887 bits per heavy atom. The number of carbonyl (C=O) groups is 3. The topological polar surface area (TPSA) is 121 Å². The molecule has 2 fully saturated rings. The third-order valence-corrected chi connectivity index (χ3v) is 9.45. The Labute approximate surface area is 306 Å². The van der Waals surface area contributed by atoms with Gasteiger partial charge in [0.15, 0.2) is 0 Å². The van der Waals surface area contributed by atoms with Crippen molar-refractivity contribution in [3.05, 3.63) is 107 Å². The molecule has 6 rings (SSSR count). The Bertz CT molecular complexity index is 1930. The number of pyridine rings is 2. The van der Waals surface area contributed by atoms with Crippen molar-refractivity contribution >= 4 is 29.1 Å². The molecule has 0 saturated carbocycles. The second-order valence-electron chi connectivity index (χ2n) is 13.2. The van der Waals surface area contributed by atoms with E-state index in [9.17, 15) is 27.6 Å². The smallest absolute Gasteiger partial charge is 0.379 e. The van der Waals surface area contributed by atoms with Gasteiger partial charge in [-0.25, -0.2) is 0 Å². The molecule has 0 spiro atoms. The summed E-state index contributed by atoms with van der Waals surface area (Å²) in [6.45, 7) is 5.89. The van der Waals surface area contributed by atoms with Crippen LogP contribution in [-0.2, 0) is 17.5 Å². The van der Waals surface area contributed by atoms with Crippen molar-refractivity contribution in [3.63, 3.8) is 0 Å². The van der Waals surface area contributed by atoms with Gasteiger partial charge in [-0.1, -0.05) is 12.1 Å². The Morgan fingerprint density at radius 2 is 1.64 bits per heavy atom. The number of piperidine rings is 1. The van der Waals surface area contributed by atoms with Crippen LogP contribution in [0.5, 0.6) is 0 Å². The first-order valence-corrected chi connectivity index (χ1v) is 17.7. The minimum absolute atomic E-state index is 0.103. The number of rotatable bonds is 11. The highest BCUT2D eigenvalue weighted by molar-refractivity contribution is 6.05. The number of aromatic nitrogens is 2. The molecular weight excluding hydrogens is 687 g/mol. The van der Waals surface area contributed by atoms with E-state index in [1.54, 1.807) is 42.3 Å². The number of anilines is 2. The second kappa shape index (κ2) is 17.0. The number of carbonyl (C=O) groups excluding carboxylic acids is 3. The predicted molar refractivity (Wildman–Crippen MR) is 194 cm³/mol. The Balaban J connectivity index is 1.20. The lowest BCUT2D eigenvalue weighted by atomic mass is 10.0. The molecular formula is C39H43F3N7O4+. The number of H-pyrrole nitrogens is 1. The van der Waals surface area contributed by atoms with Gasteiger partial charge in [0.05, 0.1) is 30.2 Å². The first-order valence-electron chi connectivity index (χ1n) is 17.7. The normalized spacial score (nSPS) is 15.1. The van der Waals surface area contributed by atoms with Gasteiger partial charge in [-0.15, -0.1) is 0 Å². The molecule has 2 aliphatic rings. The fraction of sp³-hybridized carbons (Fsp3) is 0.359. The van der Waals surface area contributed by atoms with Crippen molar-refractivity contribution in [2.75, 3.05) is 69.7 Å². The summed E-state index contributed by atoms with van der Waals surface area (Å²) in [7, 11) is 1.73. The van der Waals surface area contributed by atoms with E-state index in [-0.39, 0.29) is 29.4 Å². The number of hydrogen-bond acceptors (Lipinski definition) is 7. The van der Waals surface area contributed by atoms with Crippen LogP contribution in [0.3, 0.4) is 0 Å². The lowest BCUT2D eigenvalue weighted by molar-refractivity contribution is -0.386. The van der Waals surface area contributed by atoms with Gasteiger partial charge in [0.1, 0.15) is 0 Å². The van der Waals surface area contributed by atoms with Crippen molar-refractivity contribution in [1.29, 1.82) is 0 Å². The zero-order chi connectivity index (χ0) is 37.4. The van der Waals surface area contributed by atoms with E-state index in [0.717, 1.165) is 63.3 Å². The Morgan fingerprint density at radius 3 is 2.42 bits per heavy atom. The van der Waals surface area contributed by atoms with Gasteiger partial charge < -0.3 is 25.2 Å². The van der Waals surface area contributed by atoms with Crippen LogP contribution >= 0.6 is 0 Å². The van der Waals surface area contributed by atoms with Crippen LogP contribution in [0.1, 0.15) is 61.7 Å². The number of halogens is 3. The van der Waals surface area contributed by atoms with Gasteiger partial charge in [-0.3, -0.25) is 24.3 Å². The molecule has 53 heavy (non-hydrogen) atoms. The third-order valence-electron chi connectivity index (χ3n) is 9.45. The summed E-state index contributed by atoms with van der Waals surface area (Å²) in [4.78, 5) is 53.8. The Kier molecular flexibility index (Phi) is 12.0. The van der Waals surface area contributed by atoms with Crippen LogP contribution in [0.2, 0.25) is 0 Å². The average Bonchev–Trinajstić information content (AvgIpc) is 3.19. The Hall–Kier alpha value is -5.34. The molecule has 2 aromatic heterocycles. The molecule has 2 saturated heterocycles. The highest BCUT2D eigenvalue weighted by atomic mass is 19.4. The third kappa shape index (κ3) is 9.76. The summed E-state index contributed by atoms with van der Waals surface area (Å²) in [6, 6.07) is 18.5. The number of nitrogens with zero attached hydrogens (tertiary/aromatic N) is 4. The lowest BCUT2D eigenvalue weighted by Crippen LogP contribution is -2.43. The van der Waals surface area contributed by atoms with Gasteiger partial charge in [0, 0.05) is 88.0 Å². The van der Waals surface area contributed by atoms with Crippen LogP contribution in [-0.4, -0.2) is 92.0 Å². The van der Waals surface area contributed by atoms with E-state index < -0.39 is 23.6 Å². The van der Waals surface area contributed by atoms with Crippen molar-refractivity contribution in [2.45, 2.75) is 32.0 Å². The molecule has 0 aliphatic carbocycles. The van der Waals surface area contributed by atoms with E-state index in [1.807, 2.05) is 12.1 Å². The van der Waals surface area contributed by atoms with Crippen LogP contribution in [0, 0.1) is 0 Å². The molecule has 4 heterocycles. The number of alkyl halides is 3. The molecule has 0 unspecified atom stereocenters. The molecule has 278 valence electrons. The van der Waals surface area contributed by atoms with Gasteiger partial charge >= 0.3 is 18.0 Å². The molecule has 3 amide bonds. The monoisotopic (exact) mass is 730 g/mol. The minimum atomic E-state index is -4.49. The van der Waals surface area contributed by atoms with E-state index in [0.29, 0.717) is 48.8 Å². The number of hydrogen-bond donors (Lipinski definition) is 2. The van der Waals surface area contributed by atoms with Crippen molar-refractivity contribution < 1.29 is 37.3 Å². The van der Waals surface area contributed by atoms with Crippen molar-refractivity contribution in [1.82, 2.24) is 20.1 Å². The minimum Gasteiger partial charge on any atom is -0.379 e.